The Kier molecular flexibility index (Phi) is 2.00. The summed E-state index contributed by atoms with van der Waals surface area (Å²) in [6, 6.07) is 0. The molecule has 0 fully saturated rings. The molecule has 66 valence electrons. The van der Waals surface area contributed by atoms with E-state index in [1.54, 1.807) is 17.8 Å². The van der Waals surface area contributed by atoms with Crippen LogP contribution in [0.4, 0.5) is 0 Å². The predicted octanol–water partition coefficient (Wildman–Crippen LogP) is -1.18. The number of aryl methyl sites for hydroxylation is 1. The standard InChI is InChI=1S/C9H11BN2O/c1-12-5-8(10)6-2-3-11-4-7(6)9(12)13/h5,11H,2-4H2,1H3. The van der Waals surface area contributed by atoms with Crippen molar-refractivity contribution >= 4 is 13.3 Å². The minimum atomic E-state index is 0.0661. The molecule has 0 aromatic carbocycles. The van der Waals surface area contributed by atoms with Crippen molar-refractivity contribution in [3.05, 3.63) is 27.7 Å². The zero-order valence-corrected chi connectivity index (χ0v) is 7.63. The third kappa shape index (κ3) is 1.31. The Labute approximate surface area is 78.2 Å². The van der Waals surface area contributed by atoms with E-state index in [2.05, 4.69) is 5.32 Å². The molecule has 1 aromatic rings. The average molecular weight is 174 g/mol. The van der Waals surface area contributed by atoms with Crippen LogP contribution in [0, 0.1) is 0 Å². The third-order valence-electron chi connectivity index (χ3n) is 2.48. The van der Waals surface area contributed by atoms with Crippen LogP contribution in [-0.4, -0.2) is 19.0 Å². The Bertz CT molecular complexity index is 397. The molecule has 0 atom stereocenters. The quantitative estimate of drug-likeness (QED) is 0.502. The van der Waals surface area contributed by atoms with Crippen molar-refractivity contribution in [1.82, 2.24) is 9.88 Å². The molecule has 1 aromatic heterocycles. The summed E-state index contributed by atoms with van der Waals surface area (Å²) in [4.78, 5) is 11.6. The van der Waals surface area contributed by atoms with Crippen molar-refractivity contribution in [2.75, 3.05) is 6.54 Å². The van der Waals surface area contributed by atoms with Crippen LogP contribution in [0.25, 0.3) is 0 Å². The summed E-state index contributed by atoms with van der Waals surface area (Å²) in [5.74, 6) is 0. The van der Waals surface area contributed by atoms with Crippen molar-refractivity contribution in [2.24, 2.45) is 7.05 Å². The fourth-order valence-corrected chi connectivity index (χ4v) is 1.77. The first-order valence-corrected chi connectivity index (χ1v) is 4.37. The van der Waals surface area contributed by atoms with Gasteiger partial charge in [-0.15, -0.1) is 0 Å². The first-order chi connectivity index (χ1) is 6.20. The van der Waals surface area contributed by atoms with E-state index >= 15 is 0 Å². The maximum Gasteiger partial charge on any atom is 0.255 e. The topological polar surface area (TPSA) is 34.0 Å². The van der Waals surface area contributed by atoms with Gasteiger partial charge in [0.2, 0.25) is 0 Å². The lowest BCUT2D eigenvalue weighted by atomic mass is 9.87. The Morgan fingerprint density at radius 3 is 3.08 bits per heavy atom. The minimum absolute atomic E-state index is 0.0661. The van der Waals surface area contributed by atoms with Crippen LogP contribution >= 0.6 is 0 Å². The van der Waals surface area contributed by atoms with Gasteiger partial charge in [0.15, 0.2) is 0 Å². The van der Waals surface area contributed by atoms with Gasteiger partial charge in [0.25, 0.3) is 5.56 Å². The third-order valence-corrected chi connectivity index (χ3v) is 2.48. The summed E-state index contributed by atoms with van der Waals surface area (Å²) in [6.45, 7) is 1.55. The summed E-state index contributed by atoms with van der Waals surface area (Å²) in [5.41, 5.74) is 2.66. The van der Waals surface area contributed by atoms with Gasteiger partial charge in [0, 0.05) is 19.2 Å². The number of nitrogens with zero attached hydrogens (tertiary/aromatic N) is 1. The lowest BCUT2D eigenvalue weighted by Crippen LogP contribution is -2.37. The Morgan fingerprint density at radius 1 is 1.54 bits per heavy atom. The molecule has 4 heteroatoms. The van der Waals surface area contributed by atoms with Crippen molar-refractivity contribution in [3.8, 4) is 0 Å². The molecule has 0 amide bonds. The number of pyridine rings is 1. The Hall–Kier alpha value is -1.03. The van der Waals surface area contributed by atoms with E-state index < -0.39 is 0 Å². The first kappa shape index (κ1) is 8.57. The number of hydrogen-bond donors (Lipinski definition) is 1. The van der Waals surface area contributed by atoms with Crippen molar-refractivity contribution in [3.63, 3.8) is 0 Å². The van der Waals surface area contributed by atoms with Gasteiger partial charge in [-0.1, -0.05) is 5.46 Å². The van der Waals surface area contributed by atoms with Gasteiger partial charge in [-0.05, 0) is 24.7 Å². The highest BCUT2D eigenvalue weighted by atomic mass is 16.1. The molecule has 0 saturated carbocycles. The highest BCUT2D eigenvalue weighted by molar-refractivity contribution is 6.33. The highest BCUT2D eigenvalue weighted by Crippen LogP contribution is 2.05. The zero-order valence-electron chi connectivity index (χ0n) is 7.63. The van der Waals surface area contributed by atoms with Gasteiger partial charge < -0.3 is 9.88 Å². The van der Waals surface area contributed by atoms with Crippen molar-refractivity contribution < 1.29 is 0 Å². The van der Waals surface area contributed by atoms with Crippen LogP contribution in [0.15, 0.2) is 11.0 Å². The van der Waals surface area contributed by atoms with Gasteiger partial charge >= 0.3 is 0 Å². The lowest BCUT2D eigenvalue weighted by molar-refractivity contribution is 0.629. The molecule has 0 spiro atoms. The van der Waals surface area contributed by atoms with Crippen LogP contribution in [-0.2, 0) is 20.0 Å². The van der Waals surface area contributed by atoms with Crippen LogP contribution in [0.3, 0.4) is 0 Å². The first-order valence-electron chi connectivity index (χ1n) is 4.37. The summed E-state index contributed by atoms with van der Waals surface area (Å²) in [6.07, 6.45) is 2.56. The summed E-state index contributed by atoms with van der Waals surface area (Å²) < 4.78 is 1.54. The number of rotatable bonds is 0. The SMILES string of the molecule is [B]c1cn(C)c(=O)c2c1CCNC2. The molecule has 2 radical (unpaired) electrons. The molecule has 0 aliphatic carbocycles. The predicted molar refractivity (Wildman–Crippen MR) is 52.5 cm³/mol. The Morgan fingerprint density at radius 2 is 2.31 bits per heavy atom. The smallest absolute Gasteiger partial charge is 0.255 e. The lowest BCUT2D eigenvalue weighted by Gasteiger charge is -2.19. The average Bonchev–Trinajstić information content (AvgIpc) is 2.15. The van der Waals surface area contributed by atoms with Crippen LogP contribution in [0.1, 0.15) is 11.1 Å². The van der Waals surface area contributed by atoms with Crippen LogP contribution in [0.5, 0.6) is 0 Å². The summed E-state index contributed by atoms with van der Waals surface area (Å²) in [5, 5.41) is 3.17. The molecule has 2 rings (SSSR count). The number of nitrogens with one attached hydrogen (secondary N) is 1. The molecule has 2 heterocycles. The summed E-state index contributed by atoms with van der Waals surface area (Å²) >= 11 is 0. The minimum Gasteiger partial charge on any atom is -0.319 e. The summed E-state index contributed by atoms with van der Waals surface area (Å²) in [7, 11) is 7.55. The van der Waals surface area contributed by atoms with E-state index in [-0.39, 0.29) is 5.56 Å². The second kappa shape index (κ2) is 3.03. The van der Waals surface area contributed by atoms with E-state index in [0.717, 1.165) is 29.6 Å². The fraction of sp³-hybridized carbons (Fsp3) is 0.444. The van der Waals surface area contributed by atoms with Gasteiger partial charge in [-0.2, -0.15) is 0 Å². The Balaban J connectivity index is 2.70. The number of hydrogen-bond acceptors (Lipinski definition) is 2. The van der Waals surface area contributed by atoms with Crippen LogP contribution in [0.2, 0.25) is 0 Å². The van der Waals surface area contributed by atoms with E-state index in [1.165, 1.54) is 0 Å². The number of aromatic nitrogens is 1. The zero-order chi connectivity index (χ0) is 9.42. The largest absolute Gasteiger partial charge is 0.319 e. The van der Waals surface area contributed by atoms with E-state index in [0.29, 0.717) is 6.54 Å². The highest BCUT2D eigenvalue weighted by Gasteiger charge is 2.14. The van der Waals surface area contributed by atoms with Gasteiger partial charge in [-0.25, -0.2) is 0 Å². The van der Waals surface area contributed by atoms with Crippen LogP contribution < -0.4 is 16.3 Å². The van der Waals surface area contributed by atoms with Crippen molar-refractivity contribution in [1.29, 1.82) is 0 Å². The molecular formula is C9H11BN2O. The number of fused-ring (bicyclic) bond motifs is 1. The molecule has 0 saturated heterocycles. The van der Waals surface area contributed by atoms with Gasteiger partial charge in [0.05, 0.1) is 0 Å². The molecule has 13 heavy (non-hydrogen) atoms. The molecule has 1 aliphatic heterocycles. The van der Waals surface area contributed by atoms with E-state index in [9.17, 15) is 4.79 Å². The van der Waals surface area contributed by atoms with Gasteiger partial charge in [-0.3, -0.25) is 4.79 Å². The fourth-order valence-electron chi connectivity index (χ4n) is 1.77. The molecule has 0 bridgehead atoms. The second-order valence-electron chi connectivity index (χ2n) is 3.38. The van der Waals surface area contributed by atoms with Gasteiger partial charge in [0.1, 0.15) is 7.85 Å². The van der Waals surface area contributed by atoms with E-state index in [4.69, 9.17) is 7.85 Å². The monoisotopic (exact) mass is 174 g/mol. The second-order valence-corrected chi connectivity index (χ2v) is 3.38. The molecule has 0 unspecified atom stereocenters. The molecule has 1 aliphatic rings. The molecule has 1 N–H and O–H groups in total. The maximum absolute atomic E-state index is 11.6. The van der Waals surface area contributed by atoms with E-state index in [1.807, 2.05) is 0 Å². The molecular weight excluding hydrogens is 163 g/mol. The molecule has 3 nitrogen and oxygen atoms in total. The normalized spacial score (nSPS) is 15.5. The maximum atomic E-state index is 11.6. The van der Waals surface area contributed by atoms with Crippen molar-refractivity contribution in [2.45, 2.75) is 13.0 Å².